The van der Waals surface area contributed by atoms with E-state index in [4.69, 9.17) is 18.0 Å². The van der Waals surface area contributed by atoms with Gasteiger partial charge in [0.25, 0.3) is 0 Å². The molecule has 0 unspecified atom stereocenters. The standard InChI is InChI=1S/C9H21NS2.Ni/c1-3-5-7-12(9(10)11)8-6-4-2;/h12H,3-8H2,1-2H3,(H2,10,11);. The Labute approximate surface area is 100 Å². The van der Waals surface area contributed by atoms with E-state index in [-0.39, 0.29) is 27.4 Å². The quantitative estimate of drug-likeness (QED) is 0.439. The van der Waals surface area contributed by atoms with Gasteiger partial charge in [-0.15, -0.1) is 0 Å². The molecule has 0 atom stereocenters. The first-order valence-corrected chi connectivity index (χ1v) is 6.88. The van der Waals surface area contributed by atoms with Crippen LogP contribution in [0.1, 0.15) is 39.5 Å². The first kappa shape index (κ1) is 16.2. The summed E-state index contributed by atoms with van der Waals surface area (Å²) in [6.45, 7) is 4.43. The van der Waals surface area contributed by atoms with Gasteiger partial charge in [-0.05, 0) is 24.3 Å². The second-order valence-electron chi connectivity index (χ2n) is 3.03. The number of hydrogen-bond donors (Lipinski definition) is 2. The Bertz CT molecular complexity index is 123. The number of thiol groups is 1. The Morgan fingerprint density at radius 3 is 1.77 bits per heavy atom. The van der Waals surface area contributed by atoms with Gasteiger partial charge in [-0.2, -0.15) is 0 Å². The first-order valence-electron chi connectivity index (χ1n) is 4.76. The van der Waals surface area contributed by atoms with Crippen LogP contribution in [0.25, 0.3) is 0 Å². The Hall–Kier alpha value is 0.734. The maximum Gasteiger partial charge on any atom is 0.111 e. The SMILES string of the molecule is CCCC[SH](CCCC)C(N)=S.[Ni]. The van der Waals surface area contributed by atoms with Crippen LogP contribution in [0.3, 0.4) is 0 Å². The van der Waals surface area contributed by atoms with E-state index in [1.54, 1.807) is 0 Å². The van der Waals surface area contributed by atoms with E-state index in [2.05, 4.69) is 13.8 Å². The van der Waals surface area contributed by atoms with Crippen molar-refractivity contribution in [3.63, 3.8) is 0 Å². The van der Waals surface area contributed by atoms with Crippen molar-refractivity contribution in [2.45, 2.75) is 39.5 Å². The third-order valence-corrected chi connectivity index (χ3v) is 4.98. The van der Waals surface area contributed by atoms with Gasteiger partial charge < -0.3 is 5.73 Å². The van der Waals surface area contributed by atoms with Crippen LogP contribution in [0.4, 0.5) is 0 Å². The van der Waals surface area contributed by atoms with Gasteiger partial charge in [-0.25, -0.2) is 10.9 Å². The average molecular weight is 266 g/mol. The molecule has 0 aliphatic rings. The maximum absolute atomic E-state index is 5.68. The number of hydrogen-bond acceptors (Lipinski definition) is 1. The fourth-order valence-electron chi connectivity index (χ4n) is 1.03. The van der Waals surface area contributed by atoms with Crippen molar-refractivity contribution in [2.24, 2.45) is 5.73 Å². The molecule has 0 spiro atoms. The third kappa shape index (κ3) is 9.05. The first-order chi connectivity index (χ1) is 5.72. The molecule has 13 heavy (non-hydrogen) atoms. The molecule has 0 radical (unpaired) electrons. The van der Waals surface area contributed by atoms with E-state index in [0.717, 1.165) is 4.32 Å². The van der Waals surface area contributed by atoms with Crippen LogP contribution < -0.4 is 5.73 Å². The van der Waals surface area contributed by atoms with Crippen LogP contribution in [0.5, 0.6) is 0 Å². The summed E-state index contributed by atoms with van der Waals surface area (Å²) in [6, 6.07) is 0. The van der Waals surface area contributed by atoms with Crippen LogP contribution in [0.15, 0.2) is 0 Å². The summed E-state index contributed by atoms with van der Waals surface area (Å²) in [6.07, 6.45) is 5.08. The second-order valence-corrected chi connectivity index (χ2v) is 6.23. The third-order valence-electron chi connectivity index (χ3n) is 1.87. The molecule has 0 saturated heterocycles. The van der Waals surface area contributed by atoms with Gasteiger partial charge in [0, 0.05) is 16.5 Å². The molecule has 0 saturated carbocycles. The summed E-state index contributed by atoms with van der Waals surface area (Å²) in [5, 5.41) is 0. The predicted molar refractivity (Wildman–Crippen MR) is 65.3 cm³/mol. The van der Waals surface area contributed by atoms with E-state index in [1.165, 1.54) is 37.2 Å². The van der Waals surface area contributed by atoms with Gasteiger partial charge in [-0.3, -0.25) is 0 Å². The van der Waals surface area contributed by atoms with Crippen molar-refractivity contribution >= 4 is 27.4 Å². The monoisotopic (exact) mass is 265 g/mol. The molecule has 0 amide bonds. The Morgan fingerprint density at radius 2 is 1.54 bits per heavy atom. The molecule has 0 bridgehead atoms. The Morgan fingerprint density at radius 1 is 1.15 bits per heavy atom. The number of thiocarbonyl (C=S) groups is 1. The van der Waals surface area contributed by atoms with Gasteiger partial charge >= 0.3 is 0 Å². The summed E-state index contributed by atoms with van der Waals surface area (Å²) < 4.78 is 0.784. The number of rotatable bonds is 6. The van der Waals surface area contributed by atoms with E-state index in [1.807, 2.05) is 0 Å². The molecular weight excluding hydrogens is 245 g/mol. The van der Waals surface area contributed by atoms with Crippen LogP contribution in [-0.2, 0) is 16.5 Å². The topological polar surface area (TPSA) is 26.0 Å². The average Bonchev–Trinajstić information content (AvgIpc) is 2.04. The fourth-order valence-corrected chi connectivity index (χ4v) is 3.64. The van der Waals surface area contributed by atoms with Gasteiger partial charge in [0.05, 0.1) is 0 Å². The normalized spacial score (nSPS) is 10.5. The molecule has 0 aromatic rings. The van der Waals surface area contributed by atoms with Crippen LogP contribution in [0, 0.1) is 0 Å². The molecule has 0 fully saturated rings. The predicted octanol–water partition coefficient (Wildman–Crippen LogP) is 2.83. The van der Waals surface area contributed by atoms with E-state index < -0.39 is 0 Å². The molecule has 0 aliphatic carbocycles. The molecule has 0 aliphatic heterocycles. The molecule has 0 rings (SSSR count). The summed E-state index contributed by atoms with van der Waals surface area (Å²) in [5.74, 6) is 2.50. The van der Waals surface area contributed by atoms with Gasteiger partial charge in [0.1, 0.15) is 4.32 Å². The number of unbranched alkanes of at least 4 members (excludes halogenated alkanes) is 2. The maximum atomic E-state index is 5.68. The minimum atomic E-state index is -0.122. The Kier molecular flexibility index (Phi) is 13.5. The van der Waals surface area contributed by atoms with Crippen molar-refractivity contribution in [3.8, 4) is 0 Å². The minimum Gasteiger partial charge on any atom is -0.386 e. The number of nitrogens with two attached hydrogens (primary N) is 1. The van der Waals surface area contributed by atoms with E-state index >= 15 is 0 Å². The largest absolute Gasteiger partial charge is 0.386 e. The van der Waals surface area contributed by atoms with Crippen molar-refractivity contribution < 1.29 is 16.5 Å². The molecule has 0 heterocycles. The zero-order chi connectivity index (χ0) is 9.40. The van der Waals surface area contributed by atoms with Gasteiger partial charge in [-0.1, -0.05) is 38.9 Å². The zero-order valence-electron chi connectivity index (χ0n) is 8.49. The summed E-state index contributed by atoms with van der Waals surface area (Å²) in [7, 11) is -0.122. The van der Waals surface area contributed by atoms with E-state index in [9.17, 15) is 0 Å². The molecule has 84 valence electrons. The molecule has 1 nitrogen and oxygen atoms in total. The molecule has 4 heteroatoms. The summed E-state index contributed by atoms with van der Waals surface area (Å²) in [4.78, 5) is 0. The van der Waals surface area contributed by atoms with Gasteiger partial charge in [0.15, 0.2) is 0 Å². The second kappa shape index (κ2) is 10.8. The molecule has 0 aromatic heterocycles. The van der Waals surface area contributed by atoms with Crippen LogP contribution in [0.2, 0.25) is 0 Å². The molecular formula is C9H21NNiS2. The smallest absolute Gasteiger partial charge is 0.111 e. The van der Waals surface area contributed by atoms with Crippen molar-refractivity contribution in [3.05, 3.63) is 0 Å². The van der Waals surface area contributed by atoms with E-state index in [0.29, 0.717) is 0 Å². The van der Waals surface area contributed by atoms with Crippen LogP contribution >= 0.6 is 23.1 Å². The minimum absolute atomic E-state index is 0. The molecule has 0 aromatic carbocycles. The van der Waals surface area contributed by atoms with Crippen molar-refractivity contribution in [1.82, 2.24) is 0 Å². The van der Waals surface area contributed by atoms with Gasteiger partial charge in [0.2, 0.25) is 0 Å². The Balaban J connectivity index is 0. The molecule has 2 N–H and O–H groups in total. The van der Waals surface area contributed by atoms with Crippen LogP contribution in [-0.4, -0.2) is 15.8 Å². The summed E-state index contributed by atoms with van der Waals surface area (Å²) >= 11 is 5.05. The van der Waals surface area contributed by atoms with Crippen molar-refractivity contribution in [1.29, 1.82) is 0 Å². The zero-order valence-corrected chi connectivity index (χ0v) is 11.2. The fraction of sp³-hybridized carbons (Fsp3) is 0.889. The summed E-state index contributed by atoms with van der Waals surface area (Å²) in [5.41, 5.74) is 5.68. The van der Waals surface area contributed by atoms with Crippen molar-refractivity contribution in [2.75, 3.05) is 11.5 Å².